The molecular formula is C13H19N5O3. The molecule has 1 fully saturated rings. The van der Waals surface area contributed by atoms with Gasteiger partial charge in [0.2, 0.25) is 5.91 Å². The van der Waals surface area contributed by atoms with E-state index in [0.29, 0.717) is 25.5 Å². The fraction of sp³-hybridized carbons (Fsp3) is 0.538. The van der Waals surface area contributed by atoms with Crippen LogP contribution in [0.15, 0.2) is 12.4 Å². The predicted molar refractivity (Wildman–Crippen MR) is 75.9 cm³/mol. The maximum absolute atomic E-state index is 11.5. The number of anilines is 1. The largest absolute Gasteiger partial charge is 0.464 e. The molecule has 0 aliphatic carbocycles. The number of carbonyl (C=O) groups is 2. The average Bonchev–Trinajstić information content (AvgIpc) is 2.51. The molecule has 8 nitrogen and oxygen atoms in total. The normalized spacial score (nSPS) is 15.4. The Bertz CT molecular complexity index is 508. The standard InChI is InChI=1S/C13H19N5O3/c1-21-13(20)11-12(17-5-4-15-11)16-3-2-7-18-8-6-14-10(19)9-18/h4-5H,2-3,6-9H2,1H3,(H,14,19)(H,16,17). The minimum absolute atomic E-state index is 0.0658. The van der Waals surface area contributed by atoms with Gasteiger partial charge in [-0.1, -0.05) is 0 Å². The molecule has 1 saturated heterocycles. The molecule has 2 N–H and O–H groups in total. The van der Waals surface area contributed by atoms with Crippen LogP contribution < -0.4 is 10.6 Å². The molecule has 0 unspecified atom stereocenters. The summed E-state index contributed by atoms with van der Waals surface area (Å²) in [6.07, 6.45) is 3.80. The summed E-state index contributed by atoms with van der Waals surface area (Å²) >= 11 is 0. The Hall–Kier alpha value is -2.22. The van der Waals surface area contributed by atoms with Gasteiger partial charge in [-0.05, 0) is 6.42 Å². The summed E-state index contributed by atoms with van der Waals surface area (Å²) < 4.78 is 4.66. The molecule has 1 aromatic rings. The first-order chi connectivity index (χ1) is 10.2. The Morgan fingerprint density at radius 3 is 3.05 bits per heavy atom. The second-order valence-electron chi connectivity index (χ2n) is 4.65. The molecule has 1 aromatic heterocycles. The van der Waals surface area contributed by atoms with E-state index >= 15 is 0 Å². The Morgan fingerprint density at radius 1 is 1.48 bits per heavy atom. The number of carbonyl (C=O) groups excluding carboxylic acids is 2. The molecule has 2 heterocycles. The molecule has 0 radical (unpaired) electrons. The fourth-order valence-corrected chi connectivity index (χ4v) is 2.11. The highest BCUT2D eigenvalue weighted by Crippen LogP contribution is 2.09. The number of amides is 1. The molecule has 21 heavy (non-hydrogen) atoms. The van der Waals surface area contributed by atoms with Crippen LogP contribution in [0.2, 0.25) is 0 Å². The number of methoxy groups -OCH3 is 1. The molecule has 8 heteroatoms. The molecule has 0 saturated carbocycles. The third kappa shape index (κ3) is 4.38. The van der Waals surface area contributed by atoms with E-state index in [2.05, 4.69) is 30.2 Å². The van der Waals surface area contributed by atoms with Gasteiger partial charge in [-0.2, -0.15) is 0 Å². The van der Waals surface area contributed by atoms with Crippen molar-refractivity contribution in [3.63, 3.8) is 0 Å². The molecule has 0 aromatic carbocycles. The van der Waals surface area contributed by atoms with Crippen molar-refractivity contribution < 1.29 is 14.3 Å². The topological polar surface area (TPSA) is 96.4 Å². The first-order valence-electron chi connectivity index (χ1n) is 6.83. The molecular weight excluding hydrogens is 274 g/mol. The molecule has 0 atom stereocenters. The van der Waals surface area contributed by atoms with Gasteiger partial charge >= 0.3 is 5.97 Å². The summed E-state index contributed by atoms with van der Waals surface area (Å²) in [7, 11) is 1.31. The van der Waals surface area contributed by atoms with Gasteiger partial charge in [0, 0.05) is 38.6 Å². The summed E-state index contributed by atoms with van der Waals surface area (Å²) in [6.45, 7) is 3.46. The van der Waals surface area contributed by atoms with Crippen molar-refractivity contribution in [3.8, 4) is 0 Å². The molecule has 114 valence electrons. The van der Waals surface area contributed by atoms with Crippen LogP contribution in [0.3, 0.4) is 0 Å². The number of hydrogen-bond acceptors (Lipinski definition) is 7. The van der Waals surface area contributed by atoms with Crippen LogP contribution in [0.5, 0.6) is 0 Å². The minimum Gasteiger partial charge on any atom is -0.464 e. The summed E-state index contributed by atoms with van der Waals surface area (Å²) in [5.74, 6) is -0.0323. The highest BCUT2D eigenvalue weighted by Gasteiger charge is 2.16. The van der Waals surface area contributed by atoms with Gasteiger partial charge in [-0.25, -0.2) is 14.8 Å². The SMILES string of the molecule is COC(=O)c1nccnc1NCCCN1CCNC(=O)C1. The second-order valence-corrected chi connectivity index (χ2v) is 4.65. The predicted octanol–water partition coefficient (Wildman–Crippen LogP) is -0.503. The van der Waals surface area contributed by atoms with Crippen LogP contribution in [0, 0.1) is 0 Å². The first-order valence-corrected chi connectivity index (χ1v) is 6.83. The first kappa shape index (κ1) is 15.2. The van der Waals surface area contributed by atoms with Crippen molar-refractivity contribution >= 4 is 17.7 Å². The van der Waals surface area contributed by atoms with Crippen molar-refractivity contribution in [1.29, 1.82) is 0 Å². The van der Waals surface area contributed by atoms with E-state index in [0.717, 1.165) is 19.5 Å². The minimum atomic E-state index is -0.515. The van der Waals surface area contributed by atoms with Crippen molar-refractivity contribution in [3.05, 3.63) is 18.1 Å². The third-order valence-electron chi connectivity index (χ3n) is 3.14. The van der Waals surface area contributed by atoms with Crippen molar-refractivity contribution in [1.82, 2.24) is 20.2 Å². The van der Waals surface area contributed by atoms with Gasteiger partial charge in [-0.3, -0.25) is 9.69 Å². The van der Waals surface area contributed by atoms with Crippen LogP contribution in [-0.4, -0.2) is 66.6 Å². The monoisotopic (exact) mass is 293 g/mol. The lowest BCUT2D eigenvalue weighted by molar-refractivity contribution is -0.124. The van der Waals surface area contributed by atoms with Crippen LogP contribution in [-0.2, 0) is 9.53 Å². The highest BCUT2D eigenvalue weighted by molar-refractivity contribution is 5.92. The van der Waals surface area contributed by atoms with E-state index in [9.17, 15) is 9.59 Å². The van der Waals surface area contributed by atoms with E-state index in [1.807, 2.05) is 0 Å². The number of hydrogen-bond donors (Lipinski definition) is 2. The summed E-state index contributed by atoms with van der Waals surface area (Å²) in [4.78, 5) is 32.9. The van der Waals surface area contributed by atoms with Gasteiger partial charge in [0.1, 0.15) is 0 Å². The van der Waals surface area contributed by atoms with Crippen molar-refractivity contribution in [2.24, 2.45) is 0 Å². The van der Waals surface area contributed by atoms with Gasteiger partial charge in [0.05, 0.1) is 13.7 Å². The maximum atomic E-state index is 11.5. The molecule has 1 aliphatic heterocycles. The zero-order valence-corrected chi connectivity index (χ0v) is 12.0. The third-order valence-corrected chi connectivity index (χ3v) is 3.14. The Morgan fingerprint density at radius 2 is 2.29 bits per heavy atom. The lowest BCUT2D eigenvalue weighted by Gasteiger charge is -2.26. The summed E-state index contributed by atoms with van der Waals surface area (Å²) in [5.41, 5.74) is 0.178. The lowest BCUT2D eigenvalue weighted by atomic mass is 10.3. The van der Waals surface area contributed by atoms with E-state index < -0.39 is 5.97 Å². The highest BCUT2D eigenvalue weighted by atomic mass is 16.5. The number of nitrogens with zero attached hydrogens (tertiary/aromatic N) is 3. The number of nitrogens with one attached hydrogen (secondary N) is 2. The van der Waals surface area contributed by atoms with Crippen LogP contribution in [0.4, 0.5) is 5.82 Å². The van der Waals surface area contributed by atoms with Gasteiger partial charge in [0.15, 0.2) is 11.5 Å². The van der Waals surface area contributed by atoms with E-state index in [1.165, 1.54) is 19.5 Å². The zero-order chi connectivity index (χ0) is 15.1. The molecule has 1 amide bonds. The Balaban J connectivity index is 1.78. The van der Waals surface area contributed by atoms with Crippen LogP contribution in [0.25, 0.3) is 0 Å². The average molecular weight is 293 g/mol. The van der Waals surface area contributed by atoms with Gasteiger partial charge < -0.3 is 15.4 Å². The summed E-state index contributed by atoms with van der Waals surface area (Å²) in [6, 6.07) is 0. The number of rotatable bonds is 6. The molecule has 0 bridgehead atoms. The molecule has 2 rings (SSSR count). The van der Waals surface area contributed by atoms with Crippen molar-refractivity contribution in [2.75, 3.05) is 45.2 Å². The molecule has 0 spiro atoms. The van der Waals surface area contributed by atoms with Crippen LogP contribution >= 0.6 is 0 Å². The Kier molecular flexibility index (Phi) is 5.44. The smallest absolute Gasteiger partial charge is 0.360 e. The number of piperazine rings is 1. The van der Waals surface area contributed by atoms with E-state index in [-0.39, 0.29) is 11.6 Å². The summed E-state index contributed by atoms with van der Waals surface area (Å²) in [5, 5.41) is 5.87. The van der Waals surface area contributed by atoms with Crippen molar-refractivity contribution in [2.45, 2.75) is 6.42 Å². The van der Waals surface area contributed by atoms with E-state index in [1.54, 1.807) is 0 Å². The molecule has 1 aliphatic rings. The zero-order valence-electron chi connectivity index (χ0n) is 12.0. The maximum Gasteiger partial charge on any atom is 0.360 e. The quantitative estimate of drug-likeness (QED) is 0.539. The van der Waals surface area contributed by atoms with Crippen LogP contribution in [0.1, 0.15) is 16.9 Å². The number of esters is 1. The lowest BCUT2D eigenvalue weighted by Crippen LogP contribution is -2.47. The Labute approximate surface area is 122 Å². The number of ether oxygens (including phenoxy) is 1. The fourth-order valence-electron chi connectivity index (χ4n) is 2.11. The number of aromatic nitrogens is 2. The van der Waals surface area contributed by atoms with E-state index in [4.69, 9.17) is 0 Å². The van der Waals surface area contributed by atoms with Gasteiger partial charge in [0.25, 0.3) is 0 Å². The second kappa shape index (κ2) is 7.53. The van der Waals surface area contributed by atoms with Gasteiger partial charge in [-0.15, -0.1) is 0 Å².